The van der Waals surface area contributed by atoms with Crippen molar-refractivity contribution in [3.63, 3.8) is 0 Å². The quantitative estimate of drug-likeness (QED) is 0.666. The van der Waals surface area contributed by atoms with E-state index in [2.05, 4.69) is 4.98 Å². The Kier molecular flexibility index (Phi) is 4.15. The molecule has 0 aliphatic rings. The highest BCUT2D eigenvalue weighted by Gasteiger charge is 2.33. The molecule has 0 saturated heterocycles. The number of aliphatic hydroxyl groups is 1. The molecule has 1 N–H and O–H groups in total. The lowest BCUT2D eigenvalue weighted by Gasteiger charge is -2.15. The van der Waals surface area contributed by atoms with Gasteiger partial charge in [-0.25, -0.2) is 13.8 Å². The Morgan fingerprint density at radius 3 is 2.29 bits per heavy atom. The summed E-state index contributed by atoms with van der Waals surface area (Å²) in [5.74, 6) is -1.72. The van der Waals surface area contributed by atoms with Gasteiger partial charge in [0.1, 0.15) is 28.6 Å². The van der Waals surface area contributed by atoms with Crippen LogP contribution in [-0.4, -0.2) is 10.1 Å². The molecule has 0 radical (unpaired) electrons. The van der Waals surface area contributed by atoms with E-state index in [0.717, 1.165) is 24.3 Å². The van der Waals surface area contributed by atoms with Gasteiger partial charge in [-0.2, -0.15) is 13.2 Å². The summed E-state index contributed by atoms with van der Waals surface area (Å²) in [6, 6.07) is 3.83. The zero-order chi connectivity index (χ0) is 15.8. The van der Waals surface area contributed by atoms with Crippen LogP contribution in [-0.2, 0) is 6.18 Å². The highest BCUT2D eigenvalue weighted by Crippen LogP contribution is 2.33. The first-order valence-electron chi connectivity index (χ1n) is 5.57. The van der Waals surface area contributed by atoms with Crippen LogP contribution in [0.4, 0.5) is 22.0 Å². The third-order valence-corrected chi connectivity index (χ3v) is 3.02. The summed E-state index contributed by atoms with van der Waals surface area (Å²) in [4.78, 5) is 3.11. The number of nitrogens with zero attached hydrogens (tertiary/aromatic N) is 1. The Bertz CT molecular complexity index is 674. The largest absolute Gasteiger partial charge is 0.433 e. The van der Waals surface area contributed by atoms with E-state index in [1.165, 1.54) is 0 Å². The first-order chi connectivity index (χ1) is 9.70. The monoisotopic (exact) mass is 323 g/mol. The van der Waals surface area contributed by atoms with Crippen molar-refractivity contribution < 1.29 is 27.1 Å². The van der Waals surface area contributed by atoms with Crippen molar-refractivity contribution in [3.05, 3.63) is 63.9 Å². The molecule has 2 nitrogen and oxygen atoms in total. The number of rotatable bonds is 2. The molecule has 1 atom stereocenters. The second-order valence-corrected chi connectivity index (χ2v) is 4.50. The van der Waals surface area contributed by atoms with Crippen molar-refractivity contribution in [2.24, 2.45) is 0 Å². The zero-order valence-electron chi connectivity index (χ0n) is 10.1. The van der Waals surface area contributed by atoms with E-state index in [1.807, 2.05) is 0 Å². The standard InChI is InChI=1S/C13H7ClF5NO/c14-12-7(2-4-10(20-12)13(17,18)19)11(21)8-5-6(15)1-3-9(8)16/h1-5,11,21H. The Balaban J connectivity index is 2.44. The predicted molar refractivity (Wildman–Crippen MR) is 64.7 cm³/mol. The fourth-order valence-electron chi connectivity index (χ4n) is 1.70. The Hall–Kier alpha value is -1.73. The van der Waals surface area contributed by atoms with Crippen molar-refractivity contribution in [1.82, 2.24) is 4.98 Å². The van der Waals surface area contributed by atoms with E-state index in [4.69, 9.17) is 11.6 Å². The zero-order valence-corrected chi connectivity index (χ0v) is 10.9. The summed E-state index contributed by atoms with van der Waals surface area (Å²) in [6.07, 6.45) is -6.43. The predicted octanol–water partition coefficient (Wildman–Crippen LogP) is 4.11. The molecule has 0 spiro atoms. The highest BCUT2D eigenvalue weighted by molar-refractivity contribution is 6.30. The lowest BCUT2D eigenvalue weighted by Crippen LogP contribution is -2.11. The molecule has 8 heteroatoms. The first kappa shape index (κ1) is 15.7. The van der Waals surface area contributed by atoms with Gasteiger partial charge in [-0.15, -0.1) is 0 Å². The number of benzene rings is 1. The number of aromatic nitrogens is 1. The normalized spacial score (nSPS) is 13.3. The molecule has 2 rings (SSSR count). The van der Waals surface area contributed by atoms with Gasteiger partial charge in [0.25, 0.3) is 0 Å². The highest BCUT2D eigenvalue weighted by atomic mass is 35.5. The van der Waals surface area contributed by atoms with Crippen molar-refractivity contribution in [3.8, 4) is 0 Å². The SMILES string of the molecule is OC(c1cc(F)ccc1F)c1ccc(C(F)(F)F)nc1Cl. The van der Waals surface area contributed by atoms with E-state index in [-0.39, 0.29) is 5.56 Å². The summed E-state index contributed by atoms with van der Waals surface area (Å²) >= 11 is 5.59. The molecule has 1 unspecified atom stereocenters. The van der Waals surface area contributed by atoms with E-state index in [1.54, 1.807) is 0 Å². The number of alkyl halides is 3. The molecule has 0 fully saturated rings. The van der Waals surface area contributed by atoms with Gasteiger partial charge in [-0.1, -0.05) is 17.7 Å². The lowest BCUT2D eigenvalue weighted by atomic mass is 10.0. The Morgan fingerprint density at radius 2 is 1.71 bits per heavy atom. The van der Waals surface area contributed by atoms with E-state index in [0.29, 0.717) is 6.07 Å². The maximum atomic E-state index is 13.5. The summed E-state index contributed by atoms with van der Waals surface area (Å²) in [5, 5.41) is 9.32. The van der Waals surface area contributed by atoms with Crippen LogP contribution in [0.1, 0.15) is 22.9 Å². The van der Waals surface area contributed by atoms with E-state index in [9.17, 15) is 27.1 Å². The second-order valence-electron chi connectivity index (χ2n) is 4.14. The van der Waals surface area contributed by atoms with E-state index < -0.39 is 40.3 Å². The number of halogens is 6. The van der Waals surface area contributed by atoms with Crippen LogP contribution in [0.3, 0.4) is 0 Å². The van der Waals surface area contributed by atoms with Gasteiger partial charge in [0.05, 0.1) is 0 Å². The third kappa shape index (κ3) is 3.30. The lowest BCUT2D eigenvalue weighted by molar-refractivity contribution is -0.141. The van der Waals surface area contributed by atoms with Gasteiger partial charge < -0.3 is 5.11 Å². The molecule has 0 aliphatic carbocycles. The van der Waals surface area contributed by atoms with Crippen LogP contribution in [0.5, 0.6) is 0 Å². The maximum absolute atomic E-state index is 13.5. The molecule has 1 aromatic carbocycles. The summed E-state index contributed by atoms with van der Waals surface area (Å²) < 4.78 is 63.9. The van der Waals surface area contributed by atoms with Crippen molar-refractivity contribution in [2.45, 2.75) is 12.3 Å². The molecule has 0 aliphatic heterocycles. The van der Waals surface area contributed by atoms with Gasteiger partial charge in [-0.3, -0.25) is 0 Å². The van der Waals surface area contributed by atoms with Crippen LogP contribution >= 0.6 is 11.6 Å². The molecule has 2 aromatic rings. The van der Waals surface area contributed by atoms with Crippen LogP contribution in [0, 0.1) is 11.6 Å². The fourth-order valence-corrected chi connectivity index (χ4v) is 1.96. The fraction of sp³-hybridized carbons (Fsp3) is 0.154. The molecule has 21 heavy (non-hydrogen) atoms. The minimum atomic E-state index is -4.70. The molecule has 1 aromatic heterocycles. The summed E-state index contributed by atoms with van der Waals surface area (Å²) in [5.41, 5.74) is -1.95. The van der Waals surface area contributed by atoms with Crippen molar-refractivity contribution in [2.75, 3.05) is 0 Å². The van der Waals surface area contributed by atoms with Gasteiger partial charge in [0.2, 0.25) is 0 Å². The molecule has 112 valence electrons. The minimum absolute atomic E-state index is 0.255. The van der Waals surface area contributed by atoms with Crippen LogP contribution < -0.4 is 0 Å². The summed E-state index contributed by atoms with van der Waals surface area (Å²) in [6.45, 7) is 0. The first-order valence-corrected chi connectivity index (χ1v) is 5.94. The van der Waals surface area contributed by atoms with Gasteiger partial charge in [0.15, 0.2) is 0 Å². The topological polar surface area (TPSA) is 33.1 Å². The van der Waals surface area contributed by atoms with Crippen LogP contribution in [0.15, 0.2) is 30.3 Å². The number of hydrogen-bond donors (Lipinski definition) is 1. The second kappa shape index (κ2) is 5.57. The van der Waals surface area contributed by atoms with E-state index >= 15 is 0 Å². The van der Waals surface area contributed by atoms with Crippen molar-refractivity contribution >= 4 is 11.6 Å². The Labute approximate surface area is 120 Å². The smallest absolute Gasteiger partial charge is 0.383 e. The number of aliphatic hydroxyl groups excluding tert-OH is 1. The number of pyridine rings is 1. The third-order valence-electron chi connectivity index (χ3n) is 2.72. The molecule has 1 heterocycles. The summed E-state index contributed by atoms with van der Waals surface area (Å²) in [7, 11) is 0. The average Bonchev–Trinajstić information content (AvgIpc) is 2.39. The van der Waals surface area contributed by atoms with Gasteiger partial charge >= 0.3 is 6.18 Å². The van der Waals surface area contributed by atoms with Crippen LogP contribution in [0.25, 0.3) is 0 Å². The van der Waals surface area contributed by atoms with Crippen LogP contribution in [0.2, 0.25) is 5.15 Å². The average molecular weight is 324 g/mol. The molecule has 0 amide bonds. The number of hydrogen-bond acceptors (Lipinski definition) is 2. The molecular weight excluding hydrogens is 317 g/mol. The molecule has 0 saturated carbocycles. The van der Waals surface area contributed by atoms with Gasteiger partial charge in [0, 0.05) is 11.1 Å². The Morgan fingerprint density at radius 1 is 1.05 bits per heavy atom. The van der Waals surface area contributed by atoms with Gasteiger partial charge in [-0.05, 0) is 24.3 Å². The maximum Gasteiger partial charge on any atom is 0.433 e. The van der Waals surface area contributed by atoms with Crippen molar-refractivity contribution in [1.29, 1.82) is 0 Å². The minimum Gasteiger partial charge on any atom is -0.383 e. The molecule has 0 bridgehead atoms. The molecular formula is C13H7ClF5NO.